The maximum atomic E-state index is 11.0. The zero-order valence-electron chi connectivity index (χ0n) is 12.9. The number of allylic oxidation sites excluding steroid dienone is 5. The van der Waals surface area contributed by atoms with Crippen molar-refractivity contribution in [3.8, 4) is 0 Å². The summed E-state index contributed by atoms with van der Waals surface area (Å²) in [5.74, 6) is -0.304. The number of methoxy groups -OCH3 is 1. The second kappa shape index (κ2) is 6.74. The van der Waals surface area contributed by atoms with Crippen LogP contribution in [0.3, 0.4) is 0 Å². The molecule has 0 heterocycles. The summed E-state index contributed by atoms with van der Waals surface area (Å²) in [6.45, 7) is 8.94. The lowest BCUT2D eigenvalue weighted by molar-refractivity contribution is -0.134. The molecule has 0 amide bonds. The van der Waals surface area contributed by atoms with E-state index in [0.29, 0.717) is 5.41 Å². The molecule has 0 fully saturated rings. The minimum atomic E-state index is -0.304. The van der Waals surface area contributed by atoms with Crippen LogP contribution < -0.4 is 0 Å². The molecule has 0 unspecified atom stereocenters. The highest BCUT2D eigenvalue weighted by atomic mass is 16.5. The maximum Gasteiger partial charge on any atom is 0.330 e. The van der Waals surface area contributed by atoms with Crippen LogP contribution in [0.15, 0.2) is 34.9 Å². The third-order valence-electron chi connectivity index (χ3n) is 4.00. The summed E-state index contributed by atoms with van der Waals surface area (Å²) >= 11 is 0. The van der Waals surface area contributed by atoms with Crippen molar-refractivity contribution in [2.45, 2.75) is 53.4 Å². The molecule has 1 aliphatic carbocycles. The third kappa shape index (κ3) is 4.70. The maximum absolute atomic E-state index is 11.0. The largest absolute Gasteiger partial charge is 0.466 e. The van der Waals surface area contributed by atoms with Crippen molar-refractivity contribution < 1.29 is 9.53 Å². The second-order valence-corrected chi connectivity index (χ2v) is 6.01. The van der Waals surface area contributed by atoms with E-state index in [1.54, 1.807) is 5.57 Å². The number of hydrogen-bond acceptors (Lipinski definition) is 2. The predicted molar refractivity (Wildman–Crippen MR) is 79.9 cm³/mol. The number of hydrogen-bond donors (Lipinski definition) is 0. The van der Waals surface area contributed by atoms with Crippen molar-refractivity contribution >= 4 is 5.97 Å². The van der Waals surface area contributed by atoms with Gasteiger partial charge in [0.1, 0.15) is 0 Å². The van der Waals surface area contributed by atoms with Crippen molar-refractivity contribution in [3.63, 3.8) is 0 Å². The number of carbonyl (C=O) groups is 1. The first-order valence-corrected chi connectivity index (χ1v) is 6.98. The van der Waals surface area contributed by atoms with Crippen molar-refractivity contribution in [3.05, 3.63) is 34.9 Å². The van der Waals surface area contributed by atoms with E-state index in [4.69, 9.17) is 0 Å². The molecule has 1 rings (SSSR count). The van der Waals surface area contributed by atoms with Crippen LogP contribution in [-0.2, 0) is 9.53 Å². The van der Waals surface area contributed by atoms with Gasteiger partial charge in [0.2, 0.25) is 0 Å². The molecule has 0 aromatic carbocycles. The molecule has 2 heteroatoms. The molecule has 19 heavy (non-hydrogen) atoms. The van der Waals surface area contributed by atoms with E-state index in [-0.39, 0.29) is 5.97 Å². The summed E-state index contributed by atoms with van der Waals surface area (Å²) in [5.41, 5.74) is 4.51. The molecular formula is C17H26O2. The Morgan fingerprint density at radius 1 is 1.37 bits per heavy atom. The Morgan fingerprint density at radius 3 is 2.63 bits per heavy atom. The average molecular weight is 262 g/mol. The van der Waals surface area contributed by atoms with E-state index in [2.05, 4.69) is 31.6 Å². The summed E-state index contributed by atoms with van der Waals surface area (Å²) in [7, 11) is 1.39. The molecule has 0 aliphatic heterocycles. The van der Waals surface area contributed by atoms with Gasteiger partial charge >= 0.3 is 5.97 Å². The van der Waals surface area contributed by atoms with Gasteiger partial charge in [-0.3, -0.25) is 0 Å². The van der Waals surface area contributed by atoms with E-state index >= 15 is 0 Å². The monoisotopic (exact) mass is 262 g/mol. The highest BCUT2D eigenvalue weighted by molar-refractivity contribution is 5.82. The minimum absolute atomic E-state index is 0.304. The van der Waals surface area contributed by atoms with Crippen LogP contribution in [0.4, 0.5) is 0 Å². The molecule has 0 saturated heterocycles. The topological polar surface area (TPSA) is 26.3 Å². The van der Waals surface area contributed by atoms with Gasteiger partial charge in [-0.2, -0.15) is 0 Å². The second-order valence-electron chi connectivity index (χ2n) is 6.01. The summed E-state index contributed by atoms with van der Waals surface area (Å²) in [4.78, 5) is 11.0. The van der Waals surface area contributed by atoms with Crippen LogP contribution >= 0.6 is 0 Å². The van der Waals surface area contributed by atoms with Crippen molar-refractivity contribution in [1.82, 2.24) is 0 Å². The van der Waals surface area contributed by atoms with E-state index in [9.17, 15) is 4.79 Å². The molecule has 0 aromatic rings. The van der Waals surface area contributed by atoms with Crippen LogP contribution in [0.5, 0.6) is 0 Å². The van der Waals surface area contributed by atoms with Gasteiger partial charge in [-0.15, -0.1) is 0 Å². The Kier molecular flexibility index (Phi) is 5.59. The predicted octanol–water partition coefficient (Wildman–Crippen LogP) is 4.58. The molecular weight excluding hydrogens is 236 g/mol. The summed E-state index contributed by atoms with van der Waals surface area (Å²) in [6.07, 6.45) is 10.3. The zero-order chi connectivity index (χ0) is 14.5. The minimum Gasteiger partial charge on any atom is -0.466 e. The first-order valence-electron chi connectivity index (χ1n) is 6.98. The Balaban J connectivity index is 2.74. The molecule has 0 saturated carbocycles. The molecule has 106 valence electrons. The smallest absolute Gasteiger partial charge is 0.330 e. The summed E-state index contributed by atoms with van der Waals surface area (Å²) < 4.78 is 4.58. The molecule has 0 aromatic heterocycles. The highest BCUT2D eigenvalue weighted by Crippen LogP contribution is 2.41. The van der Waals surface area contributed by atoms with E-state index < -0.39 is 0 Å². The lowest BCUT2D eigenvalue weighted by Crippen LogP contribution is -2.20. The average Bonchev–Trinajstić information content (AvgIpc) is 2.34. The fraction of sp³-hybridized carbons (Fsp3) is 0.588. The lowest BCUT2D eigenvalue weighted by atomic mass is 9.71. The van der Waals surface area contributed by atoms with Crippen LogP contribution in [0.1, 0.15) is 53.4 Å². The number of rotatable bonds is 4. The normalized spacial score (nSPS) is 19.9. The van der Waals surface area contributed by atoms with Crippen molar-refractivity contribution in [2.75, 3.05) is 7.11 Å². The molecule has 2 nitrogen and oxygen atoms in total. The lowest BCUT2D eigenvalue weighted by Gasteiger charge is -2.34. The molecule has 0 bridgehead atoms. The Hall–Kier alpha value is -1.31. The van der Waals surface area contributed by atoms with Gasteiger partial charge in [0.15, 0.2) is 0 Å². The first-order chi connectivity index (χ1) is 8.86. The van der Waals surface area contributed by atoms with Gasteiger partial charge in [0, 0.05) is 6.08 Å². The van der Waals surface area contributed by atoms with Crippen LogP contribution in [0.2, 0.25) is 0 Å². The number of esters is 1. The first kappa shape index (κ1) is 15.7. The molecule has 0 N–H and O–H groups in total. The Bertz CT molecular complexity index is 423. The van der Waals surface area contributed by atoms with Gasteiger partial charge in [-0.05, 0) is 44.9 Å². The van der Waals surface area contributed by atoms with Crippen molar-refractivity contribution in [1.29, 1.82) is 0 Å². The van der Waals surface area contributed by atoms with Gasteiger partial charge in [0.25, 0.3) is 0 Å². The summed E-state index contributed by atoms with van der Waals surface area (Å²) in [6, 6.07) is 0. The van der Waals surface area contributed by atoms with Gasteiger partial charge in [-0.1, -0.05) is 42.7 Å². The van der Waals surface area contributed by atoms with E-state index in [1.165, 1.54) is 38.0 Å². The number of carbonyl (C=O) groups excluding carboxylic acids is 1. The van der Waals surface area contributed by atoms with Crippen LogP contribution in [0, 0.1) is 5.41 Å². The zero-order valence-corrected chi connectivity index (χ0v) is 12.9. The molecule has 0 atom stereocenters. The molecule has 0 spiro atoms. The Labute approximate surface area is 117 Å². The van der Waals surface area contributed by atoms with Gasteiger partial charge < -0.3 is 4.74 Å². The fourth-order valence-electron chi connectivity index (χ4n) is 2.72. The third-order valence-corrected chi connectivity index (χ3v) is 4.00. The van der Waals surface area contributed by atoms with Gasteiger partial charge in [-0.25, -0.2) is 4.79 Å². The van der Waals surface area contributed by atoms with Gasteiger partial charge in [0.05, 0.1) is 7.11 Å². The fourth-order valence-corrected chi connectivity index (χ4v) is 2.72. The van der Waals surface area contributed by atoms with E-state index in [1.807, 2.05) is 13.0 Å². The van der Waals surface area contributed by atoms with Crippen molar-refractivity contribution in [2.24, 2.45) is 5.41 Å². The Morgan fingerprint density at radius 2 is 2.05 bits per heavy atom. The molecule has 1 aliphatic rings. The summed E-state index contributed by atoms with van der Waals surface area (Å²) in [5, 5.41) is 0. The highest BCUT2D eigenvalue weighted by Gasteiger charge is 2.27. The quantitative estimate of drug-likeness (QED) is 0.321. The SMILES string of the molecule is COC(=O)/C=C/C(C)=C/CC1=C(C)CCCC1(C)C. The van der Waals surface area contributed by atoms with Crippen LogP contribution in [0.25, 0.3) is 0 Å². The standard InChI is InChI=1S/C17H26O2/c1-13(9-11-16(18)19-5)8-10-15-14(2)7-6-12-17(15,3)4/h8-9,11H,6-7,10,12H2,1-5H3/b11-9+,13-8+. The van der Waals surface area contributed by atoms with E-state index in [0.717, 1.165) is 12.0 Å². The number of ether oxygens (including phenoxy) is 1. The molecule has 0 radical (unpaired) electrons. The van der Waals surface area contributed by atoms with Crippen LogP contribution in [-0.4, -0.2) is 13.1 Å².